The van der Waals surface area contributed by atoms with E-state index in [0.717, 1.165) is 8.95 Å². The minimum atomic E-state index is -0.0925. The van der Waals surface area contributed by atoms with E-state index in [1.165, 1.54) is 0 Å². The Hall–Kier alpha value is -0.0600. The summed E-state index contributed by atoms with van der Waals surface area (Å²) in [6, 6.07) is 5.50. The van der Waals surface area contributed by atoms with Crippen LogP contribution in [0.2, 0.25) is 0 Å². The van der Waals surface area contributed by atoms with Crippen molar-refractivity contribution in [1.82, 2.24) is 5.32 Å². The molecule has 0 spiro atoms. The Kier molecular flexibility index (Phi) is 5.79. The van der Waals surface area contributed by atoms with Crippen molar-refractivity contribution in [1.29, 1.82) is 0 Å². The largest absolute Gasteiger partial charge is 0.352 e. The highest BCUT2D eigenvalue weighted by Crippen LogP contribution is 2.21. The van der Waals surface area contributed by atoms with Gasteiger partial charge in [0.25, 0.3) is 5.91 Å². The molecule has 1 N–H and O–H groups in total. The Morgan fingerprint density at radius 2 is 2.19 bits per heavy atom. The average Bonchev–Trinajstić information content (AvgIpc) is 2.28. The Bertz CT molecular complexity index is 384. The van der Waals surface area contributed by atoms with Gasteiger partial charge in [-0.3, -0.25) is 4.79 Å². The molecule has 5 heteroatoms. The smallest absolute Gasteiger partial charge is 0.252 e. The molecule has 0 radical (unpaired) electrons. The minimum absolute atomic E-state index is 0.0925. The van der Waals surface area contributed by atoms with E-state index in [9.17, 15) is 4.79 Å². The summed E-state index contributed by atoms with van der Waals surface area (Å²) in [6.07, 6.45) is 0. The van der Waals surface area contributed by atoms with E-state index < -0.39 is 0 Å². The number of carbonyl (C=O) groups excluding carboxylic acids is 1. The van der Waals surface area contributed by atoms with Crippen molar-refractivity contribution in [2.24, 2.45) is 5.92 Å². The van der Waals surface area contributed by atoms with Crippen molar-refractivity contribution >= 4 is 49.4 Å². The van der Waals surface area contributed by atoms with Crippen molar-refractivity contribution in [2.45, 2.75) is 6.92 Å². The van der Waals surface area contributed by atoms with Crippen LogP contribution in [0.25, 0.3) is 0 Å². The molecule has 1 unspecified atom stereocenters. The molecule has 16 heavy (non-hydrogen) atoms. The van der Waals surface area contributed by atoms with Crippen molar-refractivity contribution in [2.75, 3.05) is 12.4 Å². The third kappa shape index (κ3) is 4.07. The second kappa shape index (κ2) is 6.62. The van der Waals surface area contributed by atoms with Crippen LogP contribution in [0.5, 0.6) is 0 Å². The zero-order valence-corrected chi connectivity index (χ0v) is 12.7. The van der Waals surface area contributed by atoms with E-state index in [0.29, 0.717) is 18.0 Å². The van der Waals surface area contributed by atoms with Crippen LogP contribution in [0.1, 0.15) is 17.3 Å². The van der Waals surface area contributed by atoms with Gasteiger partial charge in [-0.15, -0.1) is 11.6 Å². The molecule has 0 heterocycles. The van der Waals surface area contributed by atoms with Gasteiger partial charge in [-0.1, -0.05) is 22.9 Å². The van der Waals surface area contributed by atoms with Gasteiger partial charge < -0.3 is 5.32 Å². The molecule has 0 aliphatic heterocycles. The number of halogens is 3. The lowest BCUT2D eigenvalue weighted by Gasteiger charge is -2.10. The van der Waals surface area contributed by atoms with Crippen LogP contribution < -0.4 is 5.32 Å². The Morgan fingerprint density at radius 3 is 2.81 bits per heavy atom. The second-order valence-electron chi connectivity index (χ2n) is 3.59. The Labute approximate surface area is 117 Å². The molecule has 1 aromatic carbocycles. The highest BCUT2D eigenvalue weighted by molar-refractivity contribution is 9.11. The van der Waals surface area contributed by atoms with E-state index in [-0.39, 0.29) is 11.8 Å². The lowest BCUT2D eigenvalue weighted by atomic mass is 10.2. The van der Waals surface area contributed by atoms with Gasteiger partial charge in [-0.25, -0.2) is 0 Å². The molecule has 0 aromatic heterocycles. The zero-order chi connectivity index (χ0) is 12.1. The normalized spacial score (nSPS) is 12.2. The number of alkyl halides is 1. The van der Waals surface area contributed by atoms with Crippen LogP contribution in [-0.2, 0) is 0 Å². The fourth-order valence-corrected chi connectivity index (χ4v) is 1.99. The van der Waals surface area contributed by atoms with Crippen LogP contribution in [0.15, 0.2) is 27.1 Å². The fourth-order valence-electron chi connectivity index (χ4n) is 1.09. The van der Waals surface area contributed by atoms with Gasteiger partial charge in [0, 0.05) is 21.4 Å². The first kappa shape index (κ1) is 14.0. The van der Waals surface area contributed by atoms with E-state index in [2.05, 4.69) is 37.2 Å². The van der Waals surface area contributed by atoms with Gasteiger partial charge in [-0.05, 0) is 40.0 Å². The van der Waals surface area contributed by atoms with E-state index >= 15 is 0 Å². The van der Waals surface area contributed by atoms with E-state index in [1.807, 2.05) is 19.1 Å². The number of hydrogen-bond donors (Lipinski definition) is 1. The predicted octanol–water partition coefficient (Wildman–Crippen LogP) is 3.82. The van der Waals surface area contributed by atoms with Crippen LogP contribution >= 0.6 is 43.5 Å². The van der Waals surface area contributed by atoms with Gasteiger partial charge in [0.15, 0.2) is 0 Å². The SMILES string of the molecule is CC(CCl)CNC(=O)c1cc(Br)ccc1Br. The van der Waals surface area contributed by atoms with Crippen molar-refractivity contribution in [3.63, 3.8) is 0 Å². The van der Waals surface area contributed by atoms with Crippen LogP contribution in [0, 0.1) is 5.92 Å². The molecule has 1 amide bonds. The van der Waals surface area contributed by atoms with Gasteiger partial charge >= 0.3 is 0 Å². The Balaban J connectivity index is 2.69. The molecule has 0 saturated carbocycles. The number of benzene rings is 1. The lowest BCUT2D eigenvalue weighted by Crippen LogP contribution is -2.29. The number of hydrogen-bond acceptors (Lipinski definition) is 1. The van der Waals surface area contributed by atoms with Gasteiger partial charge in [0.1, 0.15) is 0 Å². The third-order valence-corrected chi connectivity index (χ3v) is 3.76. The molecule has 2 nitrogen and oxygen atoms in total. The maximum Gasteiger partial charge on any atom is 0.252 e. The number of nitrogens with one attached hydrogen (secondary N) is 1. The molecule has 0 fully saturated rings. The molecule has 1 rings (SSSR count). The molecule has 1 atom stereocenters. The fraction of sp³-hybridized carbons (Fsp3) is 0.364. The summed E-state index contributed by atoms with van der Waals surface area (Å²) in [4.78, 5) is 11.8. The highest BCUT2D eigenvalue weighted by atomic mass is 79.9. The topological polar surface area (TPSA) is 29.1 Å². The molecule has 0 bridgehead atoms. The van der Waals surface area contributed by atoms with Crippen LogP contribution in [-0.4, -0.2) is 18.3 Å². The molecular formula is C11H12Br2ClNO. The first-order valence-electron chi connectivity index (χ1n) is 4.83. The first-order chi connectivity index (χ1) is 7.54. The summed E-state index contributed by atoms with van der Waals surface area (Å²) in [5.74, 6) is 0.724. The third-order valence-electron chi connectivity index (χ3n) is 2.05. The van der Waals surface area contributed by atoms with Crippen molar-refractivity contribution in [3.05, 3.63) is 32.7 Å². The maximum absolute atomic E-state index is 11.8. The summed E-state index contributed by atoms with van der Waals surface area (Å²) >= 11 is 12.4. The van der Waals surface area contributed by atoms with Gasteiger partial charge in [0.2, 0.25) is 0 Å². The monoisotopic (exact) mass is 367 g/mol. The highest BCUT2D eigenvalue weighted by Gasteiger charge is 2.11. The standard InChI is InChI=1S/C11H12Br2ClNO/c1-7(5-14)6-15-11(16)9-4-8(12)2-3-10(9)13/h2-4,7H,5-6H2,1H3,(H,15,16). The maximum atomic E-state index is 11.8. The Morgan fingerprint density at radius 1 is 1.50 bits per heavy atom. The lowest BCUT2D eigenvalue weighted by molar-refractivity contribution is 0.0948. The summed E-state index contributed by atoms with van der Waals surface area (Å²) in [5, 5.41) is 2.84. The molecule has 88 valence electrons. The number of amides is 1. The first-order valence-corrected chi connectivity index (χ1v) is 6.96. The van der Waals surface area contributed by atoms with E-state index in [1.54, 1.807) is 6.07 Å². The molecule has 0 aliphatic rings. The van der Waals surface area contributed by atoms with Gasteiger partial charge in [-0.2, -0.15) is 0 Å². The van der Waals surface area contributed by atoms with Crippen molar-refractivity contribution in [3.8, 4) is 0 Å². The van der Waals surface area contributed by atoms with Crippen molar-refractivity contribution < 1.29 is 4.79 Å². The second-order valence-corrected chi connectivity index (χ2v) is 5.67. The molecule has 0 aliphatic carbocycles. The zero-order valence-electron chi connectivity index (χ0n) is 8.77. The number of carbonyl (C=O) groups is 1. The summed E-state index contributed by atoms with van der Waals surface area (Å²) in [6.45, 7) is 2.57. The minimum Gasteiger partial charge on any atom is -0.352 e. The quantitative estimate of drug-likeness (QED) is 0.804. The van der Waals surface area contributed by atoms with Gasteiger partial charge in [0.05, 0.1) is 5.56 Å². The summed E-state index contributed by atoms with van der Waals surface area (Å²) in [5.41, 5.74) is 0.621. The van der Waals surface area contributed by atoms with E-state index in [4.69, 9.17) is 11.6 Å². The summed E-state index contributed by atoms with van der Waals surface area (Å²) < 4.78 is 1.66. The summed E-state index contributed by atoms with van der Waals surface area (Å²) in [7, 11) is 0. The molecule has 1 aromatic rings. The molecular weight excluding hydrogens is 357 g/mol. The predicted molar refractivity (Wildman–Crippen MR) is 74.1 cm³/mol. The molecule has 0 saturated heterocycles. The van der Waals surface area contributed by atoms with Crippen LogP contribution in [0.3, 0.4) is 0 Å². The number of rotatable bonds is 4. The average molecular weight is 369 g/mol. The van der Waals surface area contributed by atoms with Crippen LogP contribution in [0.4, 0.5) is 0 Å².